The Hall–Kier alpha value is -2.88. The van der Waals surface area contributed by atoms with Crippen molar-refractivity contribution < 1.29 is 9.32 Å². The molecule has 0 aliphatic carbocycles. The fourth-order valence-electron chi connectivity index (χ4n) is 2.43. The number of amides is 1. The van der Waals surface area contributed by atoms with E-state index in [2.05, 4.69) is 10.5 Å². The molecule has 0 spiro atoms. The number of hydrogen-bond donors (Lipinski definition) is 1. The summed E-state index contributed by atoms with van der Waals surface area (Å²) < 4.78 is 5.30. The molecule has 0 atom stereocenters. The van der Waals surface area contributed by atoms with Gasteiger partial charge in [-0.05, 0) is 31.9 Å². The monoisotopic (exact) mass is 306 g/mol. The average molecular weight is 306 g/mol. The summed E-state index contributed by atoms with van der Waals surface area (Å²) in [7, 11) is 0. The van der Waals surface area contributed by atoms with Gasteiger partial charge in [-0.15, -0.1) is 0 Å². The summed E-state index contributed by atoms with van der Waals surface area (Å²) in [5, 5.41) is 6.79. The quantitative estimate of drug-likeness (QED) is 0.774. The number of benzene rings is 2. The van der Waals surface area contributed by atoms with Crippen LogP contribution < -0.4 is 5.32 Å². The van der Waals surface area contributed by atoms with Crippen molar-refractivity contribution >= 4 is 11.6 Å². The number of nitrogens with zero attached hydrogens (tertiary/aromatic N) is 1. The maximum Gasteiger partial charge on any atom is 0.277 e. The zero-order valence-corrected chi connectivity index (χ0v) is 13.4. The second-order valence-corrected chi connectivity index (χ2v) is 5.66. The van der Waals surface area contributed by atoms with Gasteiger partial charge in [0.1, 0.15) is 0 Å². The topological polar surface area (TPSA) is 55.1 Å². The molecule has 4 nitrogen and oxygen atoms in total. The fraction of sp³-hybridized carbons (Fsp3) is 0.158. The molecular weight excluding hydrogens is 288 g/mol. The van der Waals surface area contributed by atoms with Crippen LogP contribution in [0.15, 0.2) is 53.1 Å². The predicted octanol–water partition coefficient (Wildman–Crippen LogP) is 4.52. The van der Waals surface area contributed by atoms with E-state index in [1.54, 1.807) is 6.07 Å². The minimum atomic E-state index is -0.274. The van der Waals surface area contributed by atoms with Crippen molar-refractivity contribution in [3.8, 4) is 11.3 Å². The van der Waals surface area contributed by atoms with Crippen molar-refractivity contribution in [3.05, 3.63) is 70.9 Å². The SMILES string of the molecule is Cc1ccc(-c2cc(C(=O)Nc3c(C)cccc3C)no2)cc1. The average Bonchev–Trinajstić information content (AvgIpc) is 3.02. The van der Waals surface area contributed by atoms with Crippen LogP contribution in [-0.4, -0.2) is 11.1 Å². The summed E-state index contributed by atoms with van der Waals surface area (Å²) in [5.41, 5.74) is 5.18. The lowest BCUT2D eigenvalue weighted by molar-refractivity contribution is 0.101. The van der Waals surface area contributed by atoms with E-state index in [4.69, 9.17) is 4.52 Å². The van der Waals surface area contributed by atoms with E-state index in [0.717, 1.165) is 22.4 Å². The van der Waals surface area contributed by atoms with Gasteiger partial charge in [0.25, 0.3) is 5.91 Å². The normalized spacial score (nSPS) is 10.6. The number of hydrogen-bond acceptors (Lipinski definition) is 3. The first-order valence-electron chi connectivity index (χ1n) is 7.46. The zero-order valence-electron chi connectivity index (χ0n) is 13.4. The van der Waals surface area contributed by atoms with Crippen molar-refractivity contribution in [2.45, 2.75) is 20.8 Å². The number of nitrogens with one attached hydrogen (secondary N) is 1. The molecule has 0 aliphatic rings. The Morgan fingerprint density at radius 2 is 1.65 bits per heavy atom. The summed E-state index contributed by atoms with van der Waals surface area (Å²) in [6.45, 7) is 5.94. The van der Waals surface area contributed by atoms with E-state index >= 15 is 0 Å². The number of carbonyl (C=O) groups excluding carboxylic acids is 1. The molecule has 0 unspecified atom stereocenters. The van der Waals surface area contributed by atoms with Gasteiger partial charge < -0.3 is 9.84 Å². The van der Waals surface area contributed by atoms with Gasteiger partial charge in [-0.3, -0.25) is 4.79 Å². The fourth-order valence-corrected chi connectivity index (χ4v) is 2.43. The molecule has 0 saturated carbocycles. The lowest BCUT2D eigenvalue weighted by Crippen LogP contribution is -2.14. The van der Waals surface area contributed by atoms with Crippen LogP contribution in [0.3, 0.4) is 0 Å². The van der Waals surface area contributed by atoms with Crippen LogP contribution >= 0.6 is 0 Å². The van der Waals surface area contributed by atoms with Gasteiger partial charge in [0.05, 0.1) is 0 Å². The van der Waals surface area contributed by atoms with Gasteiger partial charge in [0.15, 0.2) is 11.5 Å². The zero-order chi connectivity index (χ0) is 16.4. The Labute approximate surface area is 135 Å². The van der Waals surface area contributed by atoms with Gasteiger partial charge in [0.2, 0.25) is 0 Å². The lowest BCUT2D eigenvalue weighted by Gasteiger charge is -2.09. The van der Waals surface area contributed by atoms with Crippen LogP contribution in [0.2, 0.25) is 0 Å². The molecule has 0 fully saturated rings. The van der Waals surface area contributed by atoms with Gasteiger partial charge in [0, 0.05) is 17.3 Å². The molecule has 1 aromatic heterocycles. The molecule has 3 aromatic rings. The second kappa shape index (κ2) is 6.08. The highest BCUT2D eigenvalue weighted by atomic mass is 16.5. The molecule has 23 heavy (non-hydrogen) atoms. The summed E-state index contributed by atoms with van der Waals surface area (Å²) in [5.74, 6) is 0.307. The molecule has 1 N–H and O–H groups in total. The molecule has 0 aliphatic heterocycles. The van der Waals surface area contributed by atoms with Crippen molar-refractivity contribution in [3.63, 3.8) is 0 Å². The maximum absolute atomic E-state index is 12.4. The number of aromatic nitrogens is 1. The third-order valence-electron chi connectivity index (χ3n) is 3.80. The second-order valence-electron chi connectivity index (χ2n) is 5.66. The van der Waals surface area contributed by atoms with Crippen molar-refractivity contribution in [1.82, 2.24) is 5.16 Å². The van der Waals surface area contributed by atoms with Gasteiger partial charge >= 0.3 is 0 Å². The Morgan fingerprint density at radius 3 is 2.30 bits per heavy atom. The molecule has 4 heteroatoms. The minimum absolute atomic E-state index is 0.267. The third-order valence-corrected chi connectivity index (χ3v) is 3.80. The highest BCUT2D eigenvalue weighted by Crippen LogP contribution is 2.23. The molecule has 3 rings (SSSR count). The van der Waals surface area contributed by atoms with Crippen molar-refractivity contribution in [1.29, 1.82) is 0 Å². The highest BCUT2D eigenvalue weighted by Gasteiger charge is 2.15. The largest absolute Gasteiger partial charge is 0.355 e. The number of rotatable bonds is 3. The van der Waals surface area contributed by atoms with Crippen molar-refractivity contribution in [2.75, 3.05) is 5.32 Å². The molecule has 1 amide bonds. The Kier molecular flexibility index (Phi) is 3.98. The third kappa shape index (κ3) is 3.16. The number of anilines is 1. The van der Waals surface area contributed by atoms with E-state index in [9.17, 15) is 4.79 Å². The summed E-state index contributed by atoms with van der Waals surface area (Å²) >= 11 is 0. The standard InChI is InChI=1S/C19H18N2O2/c1-12-7-9-15(10-8-12)17-11-16(21-23-17)19(22)20-18-13(2)5-4-6-14(18)3/h4-11H,1-3H3,(H,20,22). The predicted molar refractivity (Wildman–Crippen MR) is 90.5 cm³/mol. The Balaban J connectivity index is 1.83. The molecular formula is C19H18N2O2. The summed E-state index contributed by atoms with van der Waals surface area (Å²) in [4.78, 5) is 12.4. The van der Waals surface area contributed by atoms with Crippen LogP contribution in [0.25, 0.3) is 11.3 Å². The molecule has 2 aromatic carbocycles. The van der Waals surface area contributed by atoms with Crippen LogP contribution in [0.5, 0.6) is 0 Å². The van der Waals surface area contributed by atoms with E-state index < -0.39 is 0 Å². The number of para-hydroxylation sites is 1. The molecule has 116 valence electrons. The maximum atomic E-state index is 12.4. The number of aryl methyl sites for hydroxylation is 3. The highest BCUT2D eigenvalue weighted by molar-refractivity contribution is 6.04. The van der Waals surface area contributed by atoms with E-state index in [-0.39, 0.29) is 11.6 Å². The van der Waals surface area contributed by atoms with Gasteiger partial charge in [-0.2, -0.15) is 0 Å². The van der Waals surface area contributed by atoms with Crippen LogP contribution in [0, 0.1) is 20.8 Å². The van der Waals surface area contributed by atoms with Crippen LogP contribution in [0.1, 0.15) is 27.2 Å². The Morgan fingerprint density at radius 1 is 1.00 bits per heavy atom. The van der Waals surface area contributed by atoms with Gasteiger partial charge in [-0.1, -0.05) is 53.2 Å². The van der Waals surface area contributed by atoms with E-state index in [1.165, 1.54) is 5.56 Å². The van der Waals surface area contributed by atoms with Crippen molar-refractivity contribution in [2.24, 2.45) is 0 Å². The molecule has 0 bridgehead atoms. The van der Waals surface area contributed by atoms with Gasteiger partial charge in [-0.25, -0.2) is 0 Å². The first kappa shape index (κ1) is 15.0. The van der Waals surface area contributed by atoms with E-state index in [0.29, 0.717) is 5.76 Å². The Bertz CT molecular complexity index is 828. The lowest BCUT2D eigenvalue weighted by atomic mass is 10.1. The molecule has 0 radical (unpaired) electrons. The molecule has 1 heterocycles. The van der Waals surface area contributed by atoms with E-state index in [1.807, 2.05) is 63.2 Å². The van der Waals surface area contributed by atoms with Crippen LogP contribution in [0.4, 0.5) is 5.69 Å². The van der Waals surface area contributed by atoms with Crippen LogP contribution in [-0.2, 0) is 0 Å². The molecule has 0 saturated heterocycles. The minimum Gasteiger partial charge on any atom is -0.355 e. The first-order chi connectivity index (χ1) is 11.0. The summed E-state index contributed by atoms with van der Waals surface area (Å²) in [6.07, 6.45) is 0. The smallest absolute Gasteiger partial charge is 0.277 e. The number of carbonyl (C=O) groups is 1. The summed E-state index contributed by atoms with van der Waals surface area (Å²) in [6, 6.07) is 15.4. The first-order valence-corrected chi connectivity index (χ1v) is 7.46.